The van der Waals surface area contributed by atoms with Crippen LogP contribution in [0.5, 0.6) is 0 Å². The van der Waals surface area contributed by atoms with Crippen molar-refractivity contribution >= 4 is 71.4 Å². The van der Waals surface area contributed by atoms with Crippen LogP contribution in [0.3, 0.4) is 0 Å². The summed E-state index contributed by atoms with van der Waals surface area (Å²) in [5.41, 5.74) is 8.19. The maximum absolute atomic E-state index is 13.1. The van der Waals surface area contributed by atoms with Gasteiger partial charge >= 0.3 is 0 Å². The number of benzene rings is 7. The summed E-state index contributed by atoms with van der Waals surface area (Å²) < 4.78 is 6.26. The first-order chi connectivity index (χ1) is 22.1. The minimum Gasteiger partial charge on any atom is -0.456 e. The smallest absolute Gasteiger partial charge is 0.210 e. The Hall–Kier alpha value is -5.80. The van der Waals surface area contributed by atoms with Crippen LogP contribution in [0.25, 0.3) is 82.1 Å². The molecule has 0 spiro atoms. The lowest BCUT2D eigenvalue weighted by atomic mass is 9.71. The second-order valence-corrected chi connectivity index (χ2v) is 12.2. The second kappa shape index (κ2) is 8.87. The number of rotatable bonds is 3. The summed E-state index contributed by atoms with van der Waals surface area (Å²) in [6.45, 7) is 0. The van der Waals surface area contributed by atoms with Gasteiger partial charge in [0.1, 0.15) is 11.2 Å². The first kappa shape index (κ1) is 24.6. The van der Waals surface area contributed by atoms with Crippen molar-refractivity contribution in [2.24, 2.45) is 11.8 Å². The highest BCUT2D eigenvalue weighted by atomic mass is 16.3. The van der Waals surface area contributed by atoms with E-state index in [2.05, 4.69) is 91.0 Å². The molecule has 0 radical (unpaired) electrons. The van der Waals surface area contributed by atoms with Crippen molar-refractivity contribution in [3.63, 3.8) is 0 Å². The van der Waals surface area contributed by atoms with Crippen molar-refractivity contribution in [3.8, 4) is 22.3 Å². The van der Waals surface area contributed by atoms with Crippen molar-refractivity contribution < 1.29 is 14.0 Å². The van der Waals surface area contributed by atoms with Crippen molar-refractivity contribution in [1.82, 2.24) is 0 Å². The van der Waals surface area contributed by atoms with E-state index in [1.54, 1.807) is 0 Å². The molecule has 2 unspecified atom stereocenters. The van der Waals surface area contributed by atoms with Gasteiger partial charge in [0.05, 0.1) is 11.8 Å². The van der Waals surface area contributed by atoms with Crippen LogP contribution >= 0.6 is 0 Å². The van der Waals surface area contributed by atoms with Gasteiger partial charge in [0.2, 0.25) is 11.6 Å². The molecule has 0 N–H and O–H groups in total. The summed E-state index contributed by atoms with van der Waals surface area (Å²) >= 11 is 0. The number of hydrogen-bond donors (Lipinski definition) is 0. The number of para-hydroxylation sites is 1. The average molecular weight is 577 g/mol. The molecule has 3 heteroatoms. The van der Waals surface area contributed by atoms with Gasteiger partial charge < -0.3 is 4.42 Å². The Kier molecular flexibility index (Phi) is 4.85. The largest absolute Gasteiger partial charge is 0.456 e. The molecule has 1 heterocycles. The zero-order valence-corrected chi connectivity index (χ0v) is 24.1. The highest BCUT2D eigenvalue weighted by Crippen LogP contribution is 2.48. The Morgan fingerprint density at radius 1 is 0.489 bits per heavy atom. The molecule has 0 saturated carbocycles. The van der Waals surface area contributed by atoms with Crippen LogP contribution in [0, 0.1) is 11.8 Å². The molecule has 210 valence electrons. The number of carbonyl (C=O) groups excluding carboxylic acids is 2. The maximum Gasteiger partial charge on any atom is 0.210 e. The van der Waals surface area contributed by atoms with Crippen LogP contribution in [-0.2, 0) is 9.59 Å². The first-order valence-electron chi connectivity index (χ1n) is 15.3. The Morgan fingerprint density at radius 2 is 1.20 bits per heavy atom. The normalized spacial score (nSPS) is 17.9. The van der Waals surface area contributed by atoms with Gasteiger partial charge in [-0.2, -0.15) is 0 Å². The molecule has 1 aromatic heterocycles. The lowest BCUT2D eigenvalue weighted by Crippen LogP contribution is -2.36. The number of Topliss-reactive ketones (excluding diaryl/α,β-unsaturated/α-hetero) is 2. The molecule has 0 fully saturated rings. The number of carbonyl (C=O) groups is 2. The number of allylic oxidation sites excluding steroid dienone is 4. The van der Waals surface area contributed by atoms with E-state index in [1.165, 1.54) is 21.5 Å². The van der Waals surface area contributed by atoms with Gasteiger partial charge in [-0.15, -0.1) is 0 Å². The van der Waals surface area contributed by atoms with Crippen molar-refractivity contribution in [2.45, 2.75) is 0 Å². The topological polar surface area (TPSA) is 47.3 Å². The molecule has 3 nitrogen and oxygen atoms in total. The van der Waals surface area contributed by atoms with E-state index in [4.69, 9.17) is 4.42 Å². The lowest BCUT2D eigenvalue weighted by Gasteiger charge is -2.30. The summed E-state index contributed by atoms with van der Waals surface area (Å²) in [5, 5.41) is 9.21. The van der Waals surface area contributed by atoms with E-state index in [1.807, 2.05) is 42.5 Å². The predicted octanol–water partition coefficient (Wildman–Crippen LogP) is 10.2. The zero-order valence-electron chi connectivity index (χ0n) is 24.1. The Morgan fingerprint density at radius 3 is 2.07 bits per heavy atom. The molecule has 0 amide bonds. The van der Waals surface area contributed by atoms with Crippen LogP contribution in [0.4, 0.5) is 0 Å². The zero-order chi connectivity index (χ0) is 29.8. The SMILES string of the molecule is O=C1C(=O)C2C=CC1C=C2c1cc(-c2ccccc2)c2ccc3c(-c4ccc5c(c4)oc4ccccc45)ccc4ccc1c2c43. The van der Waals surface area contributed by atoms with Gasteiger partial charge in [-0.25, -0.2) is 0 Å². The first-order valence-corrected chi connectivity index (χ1v) is 15.3. The van der Waals surface area contributed by atoms with Crippen LogP contribution in [0.15, 0.2) is 138 Å². The molecule has 2 atom stereocenters. The third kappa shape index (κ3) is 3.35. The van der Waals surface area contributed by atoms with Crippen LogP contribution in [0.2, 0.25) is 0 Å². The predicted molar refractivity (Wildman–Crippen MR) is 182 cm³/mol. The Labute approximate surface area is 258 Å². The van der Waals surface area contributed by atoms with Crippen molar-refractivity contribution in [2.75, 3.05) is 0 Å². The quantitative estimate of drug-likeness (QED) is 0.119. The van der Waals surface area contributed by atoms with Gasteiger partial charge in [-0.1, -0.05) is 109 Å². The maximum atomic E-state index is 13.1. The lowest BCUT2D eigenvalue weighted by molar-refractivity contribution is -0.139. The van der Waals surface area contributed by atoms with E-state index in [9.17, 15) is 9.59 Å². The van der Waals surface area contributed by atoms with Gasteiger partial charge in [-0.3, -0.25) is 9.59 Å². The number of hydrogen-bond acceptors (Lipinski definition) is 3. The molecule has 8 aromatic rings. The monoisotopic (exact) mass is 576 g/mol. The molecule has 3 aliphatic carbocycles. The number of furan rings is 1. The molecular weight excluding hydrogens is 552 g/mol. The standard InChI is InChI=1S/C42H24O3/c43-41-26-13-17-33(42(41)44)35(20-26)36-22-34(23-6-2-1-3-7-23)31-19-18-30-27(14-10-24-11-16-32(36)40(31)39(24)30)25-12-15-29-28-8-4-5-9-37(28)45-38(29)21-25/h1-22,26,33H. The fourth-order valence-corrected chi connectivity index (χ4v) is 7.79. The summed E-state index contributed by atoms with van der Waals surface area (Å²) in [7, 11) is 0. The van der Waals surface area contributed by atoms with Crippen molar-refractivity contribution in [3.05, 3.63) is 139 Å². The van der Waals surface area contributed by atoms with Gasteiger partial charge in [0.25, 0.3) is 0 Å². The number of fused-ring (bicyclic) bond motifs is 4. The molecule has 45 heavy (non-hydrogen) atoms. The van der Waals surface area contributed by atoms with E-state index < -0.39 is 11.8 Å². The minimum atomic E-state index is -0.546. The van der Waals surface area contributed by atoms with E-state index >= 15 is 0 Å². The minimum absolute atomic E-state index is 0.307. The highest BCUT2D eigenvalue weighted by molar-refractivity contribution is 6.44. The summed E-state index contributed by atoms with van der Waals surface area (Å²) in [5.74, 6) is -1.65. The third-order valence-electron chi connectivity index (χ3n) is 9.90. The highest BCUT2D eigenvalue weighted by Gasteiger charge is 2.40. The second-order valence-electron chi connectivity index (χ2n) is 12.2. The van der Waals surface area contributed by atoms with Gasteiger partial charge in [-0.05, 0) is 90.0 Å². The van der Waals surface area contributed by atoms with Crippen LogP contribution in [0.1, 0.15) is 5.56 Å². The fraction of sp³-hybridized carbons (Fsp3) is 0.0476. The molecule has 3 aliphatic rings. The summed E-state index contributed by atoms with van der Waals surface area (Å²) in [6.07, 6.45) is 5.79. The molecule has 11 rings (SSSR count). The average Bonchev–Trinajstić information content (AvgIpc) is 3.47. The van der Waals surface area contributed by atoms with E-state index in [-0.39, 0.29) is 11.6 Å². The Balaban J connectivity index is 1.28. The van der Waals surface area contributed by atoms with E-state index in [0.717, 1.165) is 66.1 Å². The molecule has 0 saturated heterocycles. The molecule has 7 aromatic carbocycles. The number of ketones is 2. The third-order valence-corrected chi connectivity index (χ3v) is 9.90. The molecular formula is C42H24O3. The van der Waals surface area contributed by atoms with Gasteiger partial charge in [0, 0.05) is 10.8 Å². The summed E-state index contributed by atoms with van der Waals surface area (Å²) in [4.78, 5) is 25.7. The van der Waals surface area contributed by atoms with Gasteiger partial charge in [0.15, 0.2) is 0 Å². The fourth-order valence-electron chi connectivity index (χ4n) is 7.79. The van der Waals surface area contributed by atoms with Crippen LogP contribution in [-0.4, -0.2) is 11.6 Å². The van der Waals surface area contributed by atoms with Crippen molar-refractivity contribution in [1.29, 1.82) is 0 Å². The Bertz CT molecular complexity index is 2630. The van der Waals surface area contributed by atoms with Crippen LogP contribution < -0.4 is 0 Å². The molecule has 2 bridgehead atoms. The molecule has 0 aliphatic heterocycles. The summed E-state index contributed by atoms with van der Waals surface area (Å²) in [6, 6.07) is 40.6. The van der Waals surface area contributed by atoms with E-state index in [0.29, 0.717) is 0 Å².